The van der Waals surface area contributed by atoms with Crippen molar-refractivity contribution < 1.29 is 23.1 Å². The van der Waals surface area contributed by atoms with Crippen molar-refractivity contribution in [3.63, 3.8) is 0 Å². The van der Waals surface area contributed by atoms with E-state index in [9.17, 15) is 18.4 Å². The van der Waals surface area contributed by atoms with E-state index >= 15 is 0 Å². The molecule has 166 valence electrons. The molecule has 3 rings (SSSR count). The Morgan fingerprint density at radius 2 is 1.87 bits per heavy atom. The van der Waals surface area contributed by atoms with E-state index in [1.54, 1.807) is 0 Å². The van der Waals surface area contributed by atoms with E-state index in [1.807, 2.05) is 35.2 Å². The van der Waals surface area contributed by atoms with Gasteiger partial charge in [-0.1, -0.05) is 24.3 Å². The molecule has 2 amide bonds. The molecule has 1 saturated heterocycles. The number of hydrogen-bond acceptors (Lipinski definition) is 3. The van der Waals surface area contributed by atoms with Crippen molar-refractivity contribution >= 4 is 11.8 Å². The summed E-state index contributed by atoms with van der Waals surface area (Å²) in [5, 5.41) is 2.74. The first-order valence-corrected chi connectivity index (χ1v) is 10.7. The van der Waals surface area contributed by atoms with Crippen LogP contribution in [0.25, 0.3) is 0 Å². The minimum atomic E-state index is -0.923. The van der Waals surface area contributed by atoms with Gasteiger partial charge in [0.15, 0.2) is 11.6 Å². The topological polar surface area (TPSA) is 58.6 Å². The normalized spacial score (nSPS) is 16.1. The fourth-order valence-corrected chi connectivity index (χ4v) is 3.73. The fourth-order valence-electron chi connectivity index (χ4n) is 3.73. The van der Waals surface area contributed by atoms with Crippen LogP contribution in [0.2, 0.25) is 0 Å². The summed E-state index contributed by atoms with van der Waals surface area (Å²) in [6, 6.07) is 13.0. The van der Waals surface area contributed by atoms with Crippen LogP contribution >= 0.6 is 0 Å². The lowest BCUT2D eigenvalue weighted by atomic mass is 9.93. The van der Waals surface area contributed by atoms with E-state index in [0.29, 0.717) is 38.0 Å². The molecular formula is C24H28F2N2O3. The molecule has 31 heavy (non-hydrogen) atoms. The van der Waals surface area contributed by atoms with Crippen LogP contribution in [0.4, 0.5) is 8.78 Å². The molecule has 1 fully saturated rings. The van der Waals surface area contributed by atoms with Gasteiger partial charge < -0.3 is 15.0 Å². The minimum Gasteiger partial charge on any atom is -0.493 e. The van der Waals surface area contributed by atoms with Crippen LogP contribution in [0, 0.1) is 17.6 Å². The largest absolute Gasteiger partial charge is 0.493 e. The Morgan fingerprint density at radius 1 is 1.06 bits per heavy atom. The van der Waals surface area contributed by atoms with Crippen molar-refractivity contribution in [1.29, 1.82) is 0 Å². The number of ether oxygens (including phenoxy) is 1. The lowest BCUT2D eigenvalue weighted by molar-refractivity contribution is -0.133. The first kappa shape index (κ1) is 22.7. The molecule has 1 atom stereocenters. The number of piperidine rings is 1. The summed E-state index contributed by atoms with van der Waals surface area (Å²) in [4.78, 5) is 26.5. The number of nitrogens with one attached hydrogen (secondary N) is 1. The van der Waals surface area contributed by atoms with Gasteiger partial charge in [0, 0.05) is 26.1 Å². The van der Waals surface area contributed by atoms with Crippen LogP contribution in [0.1, 0.15) is 37.7 Å². The van der Waals surface area contributed by atoms with Crippen molar-refractivity contribution in [3.05, 3.63) is 65.7 Å². The summed E-state index contributed by atoms with van der Waals surface area (Å²) in [6.45, 7) is 1.90. The Bertz CT molecular complexity index is 876. The van der Waals surface area contributed by atoms with Crippen molar-refractivity contribution in [2.75, 3.05) is 19.7 Å². The molecule has 1 heterocycles. The van der Waals surface area contributed by atoms with Crippen LogP contribution in [0.3, 0.4) is 0 Å². The highest BCUT2D eigenvalue weighted by molar-refractivity contribution is 5.77. The summed E-state index contributed by atoms with van der Waals surface area (Å²) >= 11 is 0. The molecule has 1 aliphatic rings. The number of carbonyl (C=O) groups excluding carboxylic acids is 2. The number of amides is 2. The fraction of sp³-hybridized carbons (Fsp3) is 0.417. The van der Waals surface area contributed by atoms with E-state index < -0.39 is 11.6 Å². The van der Waals surface area contributed by atoms with Crippen LogP contribution in [0.5, 0.6) is 5.75 Å². The van der Waals surface area contributed by atoms with Gasteiger partial charge in [-0.25, -0.2) is 8.78 Å². The van der Waals surface area contributed by atoms with Gasteiger partial charge in [0.1, 0.15) is 5.75 Å². The molecule has 1 N–H and O–H groups in total. The molecule has 7 heteroatoms. The number of halogens is 2. The van der Waals surface area contributed by atoms with Crippen molar-refractivity contribution in [2.24, 2.45) is 5.92 Å². The number of carbonyl (C=O) groups is 2. The molecule has 0 saturated carbocycles. The summed E-state index contributed by atoms with van der Waals surface area (Å²) in [6.07, 6.45) is 3.27. The molecule has 2 aromatic rings. The van der Waals surface area contributed by atoms with E-state index in [-0.39, 0.29) is 24.3 Å². The monoisotopic (exact) mass is 430 g/mol. The summed E-state index contributed by atoms with van der Waals surface area (Å²) in [7, 11) is 0. The number of hydrogen-bond donors (Lipinski definition) is 1. The third-order valence-electron chi connectivity index (χ3n) is 5.45. The zero-order valence-electron chi connectivity index (χ0n) is 17.5. The average molecular weight is 430 g/mol. The number of nitrogens with zero attached hydrogens (tertiary/aromatic N) is 1. The molecule has 0 aliphatic carbocycles. The molecule has 0 bridgehead atoms. The lowest BCUT2D eigenvalue weighted by Gasteiger charge is -2.33. The minimum absolute atomic E-state index is 0.0726. The molecular weight excluding hydrogens is 402 g/mol. The van der Waals surface area contributed by atoms with E-state index in [0.717, 1.165) is 37.3 Å². The van der Waals surface area contributed by atoms with Crippen molar-refractivity contribution in [2.45, 2.75) is 38.6 Å². The van der Waals surface area contributed by atoms with Gasteiger partial charge in [-0.2, -0.15) is 0 Å². The molecule has 0 spiro atoms. The predicted octanol–water partition coefficient (Wildman–Crippen LogP) is 4.07. The Kier molecular flexibility index (Phi) is 8.38. The first-order valence-electron chi connectivity index (χ1n) is 10.7. The van der Waals surface area contributed by atoms with Crippen molar-refractivity contribution in [1.82, 2.24) is 10.2 Å². The smallest absolute Gasteiger partial charge is 0.226 e. The second kappa shape index (κ2) is 11.4. The second-order valence-electron chi connectivity index (χ2n) is 7.82. The molecule has 0 radical (unpaired) electrons. The number of rotatable bonds is 9. The molecule has 5 nitrogen and oxygen atoms in total. The van der Waals surface area contributed by atoms with Crippen LogP contribution in [-0.4, -0.2) is 36.4 Å². The number of likely N-dealkylation sites (tertiary alicyclic amines) is 1. The van der Waals surface area contributed by atoms with Gasteiger partial charge in [-0.05, 0) is 55.0 Å². The zero-order chi connectivity index (χ0) is 22.1. The quantitative estimate of drug-likeness (QED) is 0.653. The second-order valence-corrected chi connectivity index (χ2v) is 7.82. The number of benzene rings is 2. The van der Waals surface area contributed by atoms with Crippen LogP contribution in [-0.2, 0) is 16.1 Å². The zero-order valence-corrected chi connectivity index (χ0v) is 17.5. The third kappa shape index (κ3) is 7.35. The molecule has 2 aromatic carbocycles. The van der Waals surface area contributed by atoms with E-state index in [2.05, 4.69) is 5.32 Å². The van der Waals surface area contributed by atoms with E-state index in [1.165, 1.54) is 6.07 Å². The Hall–Kier alpha value is -2.96. The standard InChI is InChI=1S/C24H28F2N2O3/c25-21-10-8-19(15-22(21)26)16-27-23(29)11-9-18-5-4-13-28(17-18)24(30)12-14-31-20-6-2-1-3-7-20/h1-3,6-8,10,15,18H,4-5,9,11-14,16-17H2,(H,27,29)/t18-/m1/s1. The van der Waals surface area contributed by atoms with Gasteiger partial charge in [0.05, 0.1) is 13.0 Å². The van der Waals surface area contributed by atoms with Crippen molar-refractivity contribution in [3.8, 4) is 5.75 Å². The first-order chi connectivity index (χ1) is 15.0. The lowest BCUT2D eigenvalue weighted by Crippen LogP contribution is -2.40. The highest BCUT2D eigenvalue weighted by atomic mass is 19.2. The van der Waals surface area contributed by atoms with Gasteiger partial charge in [0.2, 0.25) is 11.8 Å². The highest BCUT2D eigenvalue weighted by Gasteiger charge is 2.24. The van der Waals surface area contributed by atoms with Crippen LogP contribution < -0.4 is 10.1 Å². The maximum Gasteiger partial charge on any atom is 0.226 e. The maximum atomic E-state index is 13.2. The van der Waals surface area contributed by atoms with Gasteiger partial charge in [-0.3, -0.25) is 9.59 Å². The van der Waals surface area contributed by atoms with Crippen LogP contribution in [0.15, 0.2) is 48.5 Å². The molecule has 0 unspecified atom stereocenters. The maximum absolute atomic E-state index is 13.2. The Balaban J connectivity index is 1.35. The predicted molar refractivity (Wildman–Crippen MR) is 113 cm³/mol. The Morgan fingerprint density at radius 3 is 2.65 bits per heavy atom. The third-order valence-corrected chi connectivity index (χ3v) is 5.45. The highest BCUT2D eigenvalue weighted by Crippen LogP contribution is 2.22. The van der Waals surface area contributed by atoms with Gasteiger partial charge in [-0.15, -0.1) is 0 Å². The Labute approximate surface area is 181 Å². The summed E-state index contributed by atoms with van der Waals surface area (Å²) in [5.74, 6) is -0.859. The SMILES string of the molecule is O=C(CC[C@H]1CCCN(C(=O)CCOc2ccccc2)C1)NCc1ccc(F)c(F)c1. The summed E-state index contributed by atoms with van der Waals surface area (Å²) in [5.41, 5.74) is 0.513. The number of para-hydroxylation sites is 1. The molecule has 0 aromatic heterocycles. The van der Waals surface area contributed by atoms with Gasteiger partial charge >= 0.3 is 0 Å². The average Bonchev–Trinajstić information content (AvgIpc) is 2.79. The summed E-state index contributed by atoms with van der Waals surface area (Å²) < 4.78 is 31.8. The van der Waals surface area contributed by atoms with E-state index in [4.69, 9.17) is 4.74 Å². The van der Waals surface area contributed by atoms with Gasteiger partial charge in [0.25, 0.3) is 0 Å². The molecule has 1 aliphatic heterocycles.